The lowest BCUT2D eigenvalue weighted by atomic mass is 10.0. The second-order valence-electron chi connectivity index (χ2n) is 13.0. The molecule has 0 unspecified atom stereocenters. The Labute approximate surface area is 297 Å². The van der Waals surface area contributed by atoms with Gasteiger partial charge in [-0.05, 0) is 48.5 Å². The van der Waals surface area contributed by atoms with Crippen molar-refractivity contribution < 1.29 is 0 Å². The molecule has 0 atom stereocenters. The number of aromatic nitrogens is 4. The number of benzene rings is 7. The minimum atomic E-state index is 0.739. The maximum Gasteiger partial charge on any atom is 0.161 e. The fourth-order valence-electron chi connectivity index (χ4n) is 7.97. The molecule has 0 N–H and O–H groups in total. The van der Waals surface area contributed by atoms with Gasteiger partial charge in [0.1, 0.15) is 4.83 Å². The summed E-state index contributed by atoms with van der Waals surface area (Å²) < 4.78 is 6.07. The van der Waals surface area contributed by atoms with E-state index >= 15 is 0 Å². The highest BCUT2D eigenvalue weighted by molar-refractivity contribution is 7.25. The first kappa shape index (κ1) is 28.3. The number of nitrogens with zero attached hydrogens (tertiary/aromatic N) is 4. The van der Waals surface area contributed by atoms with E-state index in [1.54, 1.807) is 11.3 Å². The zero-order chi connectivity index (χ0) is 33.5. The topological polar surface area (TPSA) is 35.6 Å². The van der Waals surface area contributed by atoms with Crippen LogP contribution in [0.2, 0.25) is 0 Å². The van der Waals surface area contributed by atoms with E-state index in [4.69, 9.17) is 9.97 Å². The Bertz CT molecular complexity index is 3130. The fraction of sp³-hybridized carbons (Fsp3) is 0. The van der Waals surface area contributed by atoms with Crippen LogP contribution in [-0.2, 0) is 0 Å². The lowest BCUT2D eigenvalue weighted by Crippen LogP contribution is -1.97. The molecular weight excluding hydrogens is 641 g/mol. The van der Waals surface area contributed by atoms with Crippen LogP contribution >= 0.6 is 11.3 Å². The van der Waals surface area contributed by atoms with Crippen molar-refractivity contribution in [3.05, 3.63) is 170 Å². The Morgan fingerprint density at radius 1 is 0.412 bits per heavy atom. The molecule has 0 aliphatic carbocycles. The normalized spacial score (nSPS) is 11.9. The van der Waals surface area contributed by atoms with Gasteiger partial charge in [-0.1, -0.05) is 121 Å². The molecule has 0 saturated heterocycles. The van der Waals surface area contributed by atoms with Crippen molar-refractivity contribution in [2.45, 2.75) is 0 Å². The van der Waals surface area contributed by atoms with Gasteiger partial charge in [-0.3, -0.25) is 0 Å². The van der Waals surface area contributed by atoms with Crippen molar-refractivity contribution in [2.24, 2.45) is 0 Å². The third-order valence-electron chi connectivity index (χ3n) is 10.1. The van der Waals surface area contributed by atoms with Gasteiger partial charge in [0.2, 0.25) is 0 Å². The van der Waals surface area contributed by atoms with E-state index in [2.05, 4.69) is 161 Å². The molecule has 7 aromatic carbocycles. The molecule has 0 saturated carbocycles. The highest BCUT2D eigenvalue weighted by atomic mass is 32.1. The standard InChI is InChI=1S/C46H28N4S/c1-3-14-29(15-4-1)45-47-43(42-36-22-9-12-25-40(36)51-46(42)48-45)30-16-13-19-32(28-30)49-38-24-11-8-21-35(38)41-39(49)27-26-34-33-20-7-10-23-37(33)50(44(34)41)31-17-5-2-6-18-31/h1-28H. The van der Waals surface area contributed by atoms with E-state index in [1.165, 1.54) is 53.7 Å². The second-order valence-corrected chi connectivity index (χ2v) is 14.0. The summed E-state index contributed by atoms with van der Waals surface area (Å²) in [4.78, 5) is 11.4. The number of fused-ring (bicyclic) bond motifs is 10. The smallest absolute Gasteiger partial charge is 0.161 e. The van der Waals surface area contributed by atoms with Gasteiger partial charge in [-0.15, -0.1) is 11.3 Å². The lowest BCUT2D eigenvalue weighted by Gasteiger charge is -2.12. The maximum atomic E-state index is 5.30. The first-order chi connectivity index (χ1) is 25.3. The van der Waals surface area contributed by atoms with Gasteiger partial charge in [-0.25, -0.2) is 9.97 Å². The Balaban J connectivity index is 1.21. The zero-order valence-electron chi connectivity index (χ0n) is 27.4. The highest BCUT2D eigenvalue weighted by Crippen LogP contribution is 2.43. The average Bonchev–Trinajstić information content (AvgIpc) is 3.86. The largest absolute Gasteiger partial charge is 0.309 e. The van der Waals surface area contributed by atoms with E-state index in [-0.39, 0.29) is 0 Å². The molecule has 0 fully saturated rings. The van der Waals surface area contributed by atoms with Crippen LogP contribution in [0.4, 0.5) is 0 Å². The number of hydrogen-bond donors (Lipinski definition) is 0. The van der Waals surface area contributed by atoms with Crippen LogP contribution in [-0.4, -0.2) is 19.1 Å². The minimum Gasteiger partial charge on any atom is -0.309 e. The van der Waals surface area contributed by atoms with Crippen molar-refractivity contribution in [1.82, 2.24) is 19.1 Å². The molecule has 5 heteroatoms. The highest BCUT2D eigenvalue weighted by Gasteiger charge is 2.22. The van der Waals surface area contributed by atoms with Crippen LogP contribution in [0.25, 0.3) is 97.9 Å². The van der Waals surface area contributed by atoms with E-state index in [0.717, 1.165) is 44.2 Å². The molecule has 0 radical (unpaired) electrons. The van der Waals surface area contributed by atoms with Gasteiger partial charge >= 0.3 is 0 Å². The molecule has 11 rings (SSSR count). The van der Waals surface area contributed by atoms with Gasteiger partial charge in [0.05, 0.1) is 27.8 Å². The monoisotopic (exact) mass is 668 g/mol. The van der Waals surface area contributed by atoms with Gasteiger partial charge in [0, 0.05) is 59.5 Å². The molecule has 0 amide bonds. The van der Waals surface area contributed by atoms with Crippen molar-refractivity contribution in [3.63, 3.8) is 0 Å². The molecule has 4 heterocycles. The van der Waals surface area contributed by atoms with Gasteiger partial charge in [0.15, 0.2) is 5.82 Å². The number of hydrogen-bond acceptors (Lipinski definition) is 3. The summed E-state index contributed by atoms with van der Waals surface area (Å²) in [5.41, 5.74) is 10.0. The Morgan fingerprint density at radius 3 is 1.88 bits per heavy atom. The number of para-hydroxylation sites is 3. The predicted octanol–water partition coefficient (Wildman–Crippen LogP) is 12.4. The Kier molecular flexibility index (Phi) is 6.09. The fourth-order valence-corrected chi connectivity index (χ4v) is 9.05. The molecule has 0 spiro atoms. The van der Waals surface area contributed by atoms with E-state index in [9.17, 15) is 0 Å². The molecule has 0 aliphatic rings. The van der Waals surface area contributed by atoms with Gasteiger partial charge < -0.3 is 9.13 Å². The summed E-state index contributed by atoms with van der Waals surface area (Å²) in [6.45, 7) is 0. The van der Waals surface area contributed by atoms with Crippen molar-refractivity contribution in [2.75, 3.05) is 0 Å². The van der Waals surface area contributed by atoms with Crippen molar-refractivity contribution in [3.8, 4) is 34.0 Å². The average molecular weight is 669 g/mol. The molecule has 0 aliphatic heterocycles. The Morgan fingerprint density at radius 2 is 1.06 bits per heavy atom. The number of rotatable bonds is 4. The molecule has 11 aromatic rings. The lowest BCUT2D eigenvalue weighted by molar-refractivity contribution is 1.17. The first-order valence-electron chi connectivity index (χ1n) is 17.2. The summed E-state index contributed by atoms with van der Waals surface area (Å²) in [5.74, 6) is 0.739. The van der Waals surface area contributed by atoms with Gasteiger partial charge in [0.25, 0.3) is 0 Å². The molecule has 238 valence electrons. The van der Waals surface area contributed by atoms with Crippen LogP contribution in [0.5, 0.6) is 0 Å². The van der Waals surface area contributed by atoms with Crippen molar-refractivity contribution in [1.29, 1.82) is 0 Å². The number of thiophene rings is 1. The van der Waals surface area contributed by atoms with E-state index < -0.39 is 0 Å². The minimum absolute atomic E-state index is 0.739. The third kappa shape index (κ3) is 4.19. The van der Waals surface area contributed by atoms with Crippen LogP contribution in [0.1, 0.15) is 0 Å². The quantitative estimate of drug-likeness (QED) is 0.187. The van der Waals surface area contributed by atoms with Crippen LogP contribution in [0.3, 0.4) is 0 Å². The second kappa shape index (κ2) is 11.0. The molecule has 4 aromatic heterocycles. The maximum absolute atomic E-state index is 5.30. The molecular formula is C46H28N4S. The summed E-state index contributed by atoms with van der Waals surface area (Å²) in [6.07, 6.45) is 0. The Hall–Kier alpha value is -6.56. The SMILES string of the molecule is c1ccc(-c2nc(-c3cccc(-n4c5ccccc5c5c4ccc4c6ccccc6n(-c6ccccc6)c45)c3)c3c(n2)sc2ccccc23)cc1. The zero-order valence-corrected chi connectivity index (χ0v) is 28.2. The van der Waals surface area contributed by atoms with Gasteiger partial charge in [-0.2, -0.15) is 0 Å². The van der Waals surface area contributed by atoms with Crippen LogP contribution in [0, 0.1) is 0 Å². The van der Waals surface area contributed by atoms with E-state index in [0.29, 0.717) is 0 Å². The summed E-state index contributed by atoms with van der Waals surface area (Å²) in [5, 5.41) is 7.26. The third-order valence-corrected chi connectivity index (χ3v) is 11.2. The summed E-state index contributed by atoms with van der Waals surface area (Å²) in [7, 11) is 0. The molecule has 4 nitrogen and oxygen atoms in total. The van der Waals surface area contributed by atoms with Crippen LogP contribution < -0.4 is 0 Å². The summed E-state index contributed by atoms with van der Waals surface area (Å²) >= 11 is 1.73. The summed E-state index contributed by atoms with van der Waals surface area (Å²) in [6, 6.07) is 60.6. The first-order valence-corrected chi connectivity index (χ1v) is 18.0. The van der Waals surface area contributed by atoms with Crippen molar-refractivity contribution >= 4 is 75.3 Å². The van der Waals surface area contributed by atoms with Crippen LogP contribution in [0.15, 0.2) is 170 Å². The molecule has 0 bridgehead atoms. The van der Waals surface area contributed by atoms with E-state index in [1.807, 2.05) is 18.2 Å². The predicted molar refractivity (Wildman–Crippen MR) is 214 cm³/mol. The molecule has 51 heavy (non-hydrogen) atoms.